The molecule has 2 aromatic rings. The average molecular weight is 495 g/mol. The van der Waals surface area contributed by atoms with Gasteiger partial charge >= 0.3 is 0 Å². The third-order valence-corrected chi connectivity index (χ3v) is 7.81. The second-order valence-corrected chi connectivity index (χ2v) is 10.4. The van der Waals surface area contributed by atoms with Crippen LogP contribution in [0.2, 0.25) is 0 Å². The van der Waals surface area contributed by atoms with Crippen molar-refractivity contribution in [1.29, 1.82) is 5.26 Å². The number of nitriles is 1. The van der Waals surface area contributed by atoms with Gasteiger partial charge in [0, 0.05) is 25.1 Å². The summed E-state index contributed by atoms with van der Waals surface area (Å²) in [7, 11) is 0.161. The number of H-pyrrole nitrogens is 1. The zero-order chi connectivity index (χ0) is 25.0. The quantitative estimate of drug-likeness (QED) is 0.370. The first-order valence-corrected chi connectivity index (χ1v) is 12.6. The van der Waals surface area contributed by atoms with Crippen LogP contribution in [-0.2, 0) is 18.5 Å². The second kappa shape index (κ2) is 11.7. The molecule has 12 heteroatoms. The molecule has 0 spiro atoms. The molecule has 1 aliphatic rings. The third-order valence-electron chi connectivity index (χ3n) is 5.68. The Morgan fingerprint density at radius 2 is 2.06 bits per heavy atom. The molecule has 2 unspecified atom stereocenters. The Bertz CT molecular complexity index is 1040. The van der Waals surface area contributed by atoms with Crippen LogP contribution in [-0.4, -0.2) is 68.8 Å². The Kier molecular flexibility index (Phi) is 9.15. The van der Waals surface area contributed by atoms with Crippen molar-refractivity contribution >= 4 is 19.7 Å². The van der Waals surface area contributed by atoms with Gasteiger partial charge in [0.25, 0.3) is 14.1 Å². The van der Waals surface area contributed by atoms with Crippen LogP contribution in [0.15, 0.2) is 11.1 Å². The number of aromatic amines is 1. The fourth-order valence-corrected chi connectivity index (χ4v) is 6.12. The normalized spacial score (nSPS) is 23.9. The molecule has 3 heterocycles. The lowest BCUT2D eigenvalue weighted by molar-refractivity contribution is -0.0516. The predicted molar refractivity (Wildman–Crippen MR) is 128 cm³/mol. The van der Waals surface area contributed by atoms with Crippen molar-refractivity contribution in [2.24, 2.45) is 5.92 Å². The lowest BCUT2D eigenvalue weighted by Gasteiger charge is -2.38. The first-order valence-electron chi connectivity index (χ1n) is 11.5. The minimum Gasteiger partial charge on any atom is -0.382 e. The number of aryl methyl sites for hydroxylation is 1. The number of nitrogens with zero attached hydrogens (tertiary/aromatic N) is 5. The minimum atomic E-state index is -1.46. The van der Waals surface area contributed by atoms with Gasteiger partial charge in [-0.3, -0.25) is 9.36 Å². The van der Waals surface area contributed by atoms with Gasteiger partial charge in [0.2, 0.25) is 0 Å². The van der Waals surface area contributed by atoms with E-state index in [4.69, 9.17) is 23.8 Å². The number of fused-ring (bicyclic) bond motifs is 1. The van der Waals surface area contributed by atoms with Crippen LogP contribution < -0.4 is 5.56 Å². The van der Waals surface area contributed by atoms with Gasteiger partial charge in [-0.25, -0.2) is 14.6 Å². The second-order valence-electron chi connectivity index (χ2n) is 8.97. The predicted octanol–water partition coefficient (Wildman–Crippen LogP) is 3.27. The van der Waals surface area contributed by atoms with E-state index in [0.717, 1.165) is 0 Å². The zero-order valence-electron chi connectivity index (χ0n) is 20.9. The average Bonchev–Trinajstić information content (AvgIpc) is 3.30. The Balaban J connectivity index is 1.93. The van der Waals surface area contributed by atoms with Crippen LogP contribution in [0.1, 0.15) is 53.1 Å². The van der Waals surface area contributed by atoms with Crippen molar-refractivity contribution in [3.8, 4) is 6.07 Å². The summed E-state index contributed by atoms with van der Waals surface area (Å²) in [5, 5.41) is 8.99. The number of methoxy groups -OCH3 is 1. The Morgan fingerprint density at radius 3 is 2.68 bits per heavy atom. The van der Waals surface area contributed by atoms with E-state index in [1.54, 1.807) is 24.9 Å². The number of ether oxygens (including phenoxy) is 2. The molecule has 1 saturated heterocycles. The van der Waals surface area contributed by atoms with E-state index in [-0.39, 0.29) is 54.3 Å². The van der Waals surface area contributed by atoms with Crippen LogP contribution in [0, 0.1) is 24.2 Å². The standard InChI is InChI=1S/C22H35N6O5P/c1-13(2)28(14(3)4)34(31-10-8-9-23)33-19-15(5)22(32-17(19)11-30-7)27-12-24-18-20(27)25-16(6)26-21(18)29/h12-15,17,19,22H,8,10-11H2,1-7H3,(H,25,26,29)/t15-,17+,19?,22+,34?/m0/s1. The molecule has 0 radical (unpaired) electrons. The molecule has 0 bridgehead atoms. The van der Waals surface area contributed by atoms with Crippen LogP contribution in [0.5, 0.6) is 0 Å². The maximum Gasteiger partial charge on any atom is 0.279 e. The molecule has 1 fully saturated rings. The Hall–Kier alpha value is -1.93. The monoisotopic (exact) mass is 494 g/mol. The SMILES string of the molecule is COC[C@H]1O[C@@H](n2cnc3c(=O)[nH]c(C)nc32)[C@@H](C)C1OP(OCCC#N)N(C(C)C)C(C)C. The molecule has 11 nitrogen and oxygen atoms in total. The summed E-state index contributed by atoms with van der Waals surface area (Å²) in [5.74, 6) is 0.384. The van der Waals surface area contributed by atoms with Crippen molar-refractivity contribution in [1.82, 2.24) is 24.2 Å². The minimum absolute atomic E-state index is 0.121. The molecule has 0 aromatic carbocycles. The fourth-order valence-electron chi connectivity index (χ4n) is 4.28. The van der Waals surface area contributed by atoms with E-state index < -0.39 is 14.8 Å². The van der Waals surface area contributed by atoms with Gasteiger partial charge in [-0.05, 0) is 34.6 Å². The smallest absolute Gasteiger partial charge is 0.279 e. The lowest BCUT2D eigenvalue weighted by atomic mass is 10.0. The summed E-state index contributed by atoms with van der Waals surface area (Å²) in [6.07, 6.45) is 0.704. The topological polar surface area (TPSA) is 128 Å². The summed E-state index contributed by atoms with van der Waals surface area (Å²) in [6.45, 7) is 12.8. The number of rotatable bonds is 11. The summed E-state index contributed by atoms with van der Waals surface area (Å²) in [4.78, 5) is 23.7. The van der Waals surface area contributed by atoms with E-state index in [1.165, 1.54) is 0 Å². The molecule has 1 N–H and O–H groups in total. The van der Waals surface area contributed by atoms with Gasteiger partial charge in [-0.2, -0.15) is 5.26 Å². The van der Waals surface area contributed by atoms with Crippen molar-refractivity contribution in [2.75, 3.05) is 20.3 Å². The van der Waals surface area contributed by atoms with E-state index >= 15 is 0 Å². The van der Waals surface area contributed by atoms with E-state index in [9.17, 15) is 4.79 Å². The third kappa shape index (κ3) is 5.65. The number of hydrogen-bond acceptors (Lipinski definition) is 9. The molecule has 188 valence electrons. The zero-order valence-corrected chi connectivity index (χ0v) is 21.8. The van der Waals surface area contributed by atoms with Gasteiger partial charge < -0.3 is 23.5 Å². The molecule has 34 heavy (non-hydrogen) atoms. The van der Waals surface area contributed by atoms with E-state index in [2.05, 4.69) is 53.4 Å². The summed E-state index contributed by atoms with van der Waals surface area (Å²) in [5.41, 5.74) is 0.447. The summed E-state index contributed by atoms with van der Waals surface area (Å²) < 4.78 is 28.6. The van der Waals surface area contributed by atoms with Crippen molar-refractivity contribution in [3.05, 3.63) is 22.5 Å². The largest absolute Gasteiger partial charge is 0.382 e. The molecule has 0 saturated carbocycles. The first-order chi connectivity index (χ1) is 16.2. The molecule has 0 aliphatic carbocycles. The first kappa shape index (κ1) is 26.7. The maximum absolute atomic E-state index is 12.3. The van der Waals surface area contributed by atoms with Gasteiger partial charge in [-0.15, -0.1) is 0 Å². The number of aromatic nitrogens is 4. The molecule has 2 aromatic heterocycles. The van der Waals surface area contributed by atoms with E-state index in [0.29, 0.717) is 18.1 Å². The molecule has 5 atom stereocenters. The number of nitrogens with one attached hydrogen (secondary N) is 1. The maximum atomic E-state index is 12.3. The van der Waals surface area contributed by atoms with Crippen LogP contribution in [0.4, 0.5) is 0 Å². The summed E-state index contributed by atoms with van der Waals surface area (Å²) >= 11 is 0. The highest BCUT2D eigenvalue weighted by Gasteiger charge is 2.47. The molecule has 0 amide bonds. The number of hydrogen-bond donors (Lipinski definition) is 1. The Labute approximate surface area is 201 Å². The Morgan fingerprint density at radius 1 is 1.35 bits per heavy atom. The van der Waals surface area contributed by atoms with Gasteiger partial charge in [-0.1, -0.05) is 6.92 Å². The highest BCUT2D eigenvalue weighted by molar-refractivity contribution is 7.44. The van der Waals surface area contributed by atoms with Crippen LogP contribution >= 0.6 is 8.53 Å². The van der Waals surface area contributed by atoms with Crippen molar-refractivity contribution < 1.29 is 18.5 Å². The highest BCUT2D eigenvalue weighted by atomic mass is 31.2. The van der Waals surface area contributed by atoms with E-state index in [1.807, 2.05) is 6.92 Å². The van der Waals surface area contributed by atoms with Crippen molar-refractivity contribution in [3.63, 3.8) is 0 Å². The van der Waals surface area contributed by atoms with Gasteiger partial charge in [0.1, 0.15) is 24.3 Å². The van der Waals surface area contributed by atoms with Crippen LogP contribution in [0.3, 0.4) is 0 Å². The summed E-state index contributed by atoms with van der Waals surface area (Å²) in [6, 6.07) is 2.48. The van der Waals surface area contributed by atoms with Crippen molar-refractivity contribution in [2.45, 2.75) is 78.5 Å². The van der Waals surface area contributed by atoms with Crippen LogP contribution in [0.25, 0.3) is 11.2 Å². The van der Waals surface area contributed by atoms with Gasteiger partial charge in [0.15, 0.2) is 11.2 Å². The fraction of sp³-hybridized carbons (Fsp3) is 0.727. The lowest BCUT2D eigenvalue weighted by Crippen LogP contribution is -2.38. The number of imidazole rings is 1. The van der Waals surface area contributed by atoms with Gasteiger partial charge in [0.05, 0.1) is 32.0 Å². The highest BCUT2D eigenvalue weighted by Crippen LogP contribution is 2.51. The molecular formula is C22H35N6O5P. The molecule has 3 rings (SSSR count). The molecule has 1 aliphatic heterocycles. The molecular weight excluding hydrogens is 459 g/mol.